The van der Waals surface area contributed by atoms with Crippen molar-refractivity contribution >= 4 is 43.7 Å². The first-order valence-corrected chi connectivity index (χ1v) is 7.97. The van der Waals surface area contributed by atoms with Crippen molar-refractivity contribution in [2.24, 2.45) is 7.05 Å². The monoisotopic (exact) mass is 304 g/mol. The Morgan fingerprint density at radius 2 is 2.14 bits per heavy atom. The van der Waals surface area contributed by atoms with Gasteiger partial charge in [-0.25, -0.2) is 15.0 Å². The third-order valence-corrected chi connectivity index (χ3v) is 4.67. The molecule has 0 spiro atoms. The van der Waals surface area contributed by atoms with Gasteiger partial charge in [0.2, 0.25) is 0 Å². The fraction of sp³-hybridized carbons (Fsp3) is 0.500. The van der Waals surface area contributed by atoms with Crippen LogP contribution < -0.4 is 10.2 Å². The normalized spacial score (nSPS) is 11.4. The van der Waals surface area contributed by atoms with E-state index in [1.165, 1.54) is 12.8 Å². The van der Waals surface area contributed by atoms with Gasteiger partial charge in [-0.15, -0.1) is 0 Å². The van der Waals surface area contributed by atoms with Gasteiger partial charge in [0.1, 0.15) is 21.4 Å². The molecule has 0 aliphatic heterocycles. The molecule has 3 rings (SSSR count). The molecular weight excluding hydrogens is 284 g/mol. The average molecular weight is 304 g/mol. The first-order chi connectivity index (χ1) is 10.2. The van der Waals surface area contributed by atoms with E-state index in [0.717, 1.165) is 38.9 Å². The summed E-state index contributed by atoms with van der Waals surface area (Å²) in [6, 6.07) is 0. The van der Waals surface area contributed by atoms with E-state index < -0.39 is 0 Å². The zero-order chi connectivity index (χ0) is 15.0. The van der Waals surface area contributed by atoms with Gasteiger partial charge in [0.25, 0.3) is 0 Å². The van der Waals surface area contributed by atoms with Crippen molar-refractivity contribution < 1.29 is 0 Å². The van der Waals surface area contributed by atoms with E-state index in [0.29, 0.717) is 0 Å². The summed E-state index contributed by atoms with van der Waals surface area (Å²) >= 11 is 1.63. The largest absolute Gasteiger partial charge is 0.371 e. The smallest absolute Gasteiger partial charge is 0.187 e. The van der Waals surface area contributed by atoms with Crippen LogP contribution in [-0.2, 0) is 7.05 Å². The Kier molecular flexibility index (Phi) is 3.67. The average Bonchev–Trinajstić information content (AvgIpc) is 3.07. The van der Waals surface area contributed by atoms with Crippen LogP contribution in [0, 0.1) is 0 Å². The molecule has 0 atom stereocenters. The second-order valence-corrected chi connectivity index (χ2v) is 6.14. The molecule has 0 unspecified atom stereocenters. The van der Waals surface area contributed by atoms with Crippen LogP contribution in [0.25, 0.3) is 21.4 Å². The SMILES string of the molecule is CCCCN(C)c1nc2c(nc(NC)c3ncn(C)c32)s1. The fourth-order valence-corrected chi connectivity index (χ4v) is 3.33. The molecule has 0 fully saturated rings. The molecule has 0 saturated heterocycles. The third kappa shape index (κ3) is 2.31. The summed E-state index contributed by atoms with van der Waals surface area (Å²) in [6.07, 6.45) is 4.17. The molecule has 21 heavy (non-hydrogen) atoms. The zero-order valence-corrected chi connectivity index (χ0v) is 13.7. The van der Waals surface area contributed by atoms with Gasteiger partial charge >= 0.3 is 0 Å². The molecule has 6 nitrogen and oxygen atoms in total. The highest BCUT2D eigenvalue weighted by atomic mass is 32.1. The van der Waals surface area contributed by atoms with E-state index in [1.807, 2.05) is 25.0 Å². The number of hydrogen-bond donors (Lipinski definition) is 1. The highest BCUT2D eigenvalue weighted by Crippen LogP contribution is 2.34. The van der Waals surface area contributed by atoms with E-state index in [1.54, 1.807) is 11.3 Å². The summed E-state index contributed by atoms with van der Waals surface area (Å²) in [4.78, 5) is 17.0. The van der Waals surface area contributed by atoms with Crippen LogP contribution in [0.4, 0.5) is 10.9 Å². The molecule has 0 radical (unpaired) electrons. The molecule has 3 heterocycles. The second kappa shape index (κ2) is 5.48. The Morgan fingerprint density at radius 1 is 1.33 bits per heavy atom. The van der Waals surface area contributed by atoms with Gasteiger partial charge in [-0.1, -0.05) is 24.7 Å². The van der Waals surface area contributed by atoms with E-state index in [-0.39, 0.29) is 0 Å². The Morgan fingerprint density at radius 3 is 2.86 bits per heavy atom. The molecule has 0 aromatic carbocycles. The third-order valence-electron chi connectivity index (χ3n) is 3.61. The van der Waals surface area contributed by atoms with Gasteiger partial charge < -0.3 is 14.8 Å². The molecule has 3 aromatic heterocycles. The zero-order valence-electron chi connectivity index (χ0n) is 12.8. The summed E-state index contributed by atoms with van der Waals surface area (Å²) in [7, 11) is 5.96. The van der Waals surface area contributed by atoms with Crippen LogP contribution in [-0.4, -0.2) is 40.2 Å². The van der Waals surface area contributed by atoms with E-state index in [9.17, 15) is 0 Å². The lowest BCUT2D eigenvalue weighted by atomic mass is 10.3. The van der Waals surface area contributed by atoms with E-state index in [4.69, 9.17) is 4.98 Å². The van der Waals surface area contributed by atoms with Crippen molar-refractivity contribution in [2.75, 3.05) is 30.9 Å². The number of hydrogen-bond acceptors (Lipinski definition) is 6. The molecule has 112 valence electrons. The first-order valence-electron chi connectivity index (χ1n) is 7.16. The van der Waals surface area contributed by atoms with Crippen molar-refractivity contribution in [1.82, 2.24) is 19.5 Å². The maximum atomic E-state index is 4.80. The molecule has 0 bridgehead atoms. The van der Waals surface area contributed by atoms with Crippen LogP contribution in [0.1, 0.15) is 19.8 Å². The van der Waals surface area contributed by atoms with Crippen LogP contribution in [0.15, 0.2) is 6.33 Å². The van der Waals surface area contributed by atoms with Gasteiger partial charge in [-0.05, 0) is 6.42 Å². The van der Waals surface area contributed by atoms with Crippen LogP contribution in [0.2, 0.25) is 0 Å². The first kappa shape index (κ1) is 14.1. The molecule has 0 saturated carbocycles. The van der Waals surface area contributed by atoms with Crippen LogP contribution in [0.3, 0.4) is 0 Å². The minimum Gasteiger partial charge on any atom is -0.371 e. The second-order valence-electron chi connectivity index (χ2n) is 5.19. The van der Waals surface area contributed by atoms with Gasteiger partial charge in [0, 0.05) is 27.7 Å². The topological polar surface area (TPSA) is 58.9 Å². The predicted molar refractivity (Wildman–Crippen MR) is 89.4 cm³/mol. The quantitative estimate of drug-likeness (QED) is 0.785. The summed E-state index contributed by atoms with van der Waals surface area (Å²) in [6.45, 7) is 3.22. The summed E-state index contributed by atoms with van der Waals surface area (Å²) < 4.78 is 2.01. The van der Waals surface area contributed by atoms with Crippen molar-refractivity contribution in [1.29, 1.82) is 0 Å². The summed E-state index contributed by atoms with van der Waals surface area (Å²) in [5.74, 6) is 0.810. The van der Waals surface area contributed by atoms with Gasteiger partial charge in [0.05, 0.1) is 6.33 Å². The molecule has 0 amide bonds. The molecule has 0 aliphatic rings. The number of pyridine rings is 1. The number of fused-ring (bicyclic) bond motifs is 3. The standard InChI is InChI=1S/C14H20N6S/c1-5-6-7-19(3)14-17-10-11-9(16-8-20(11)4)12(15-2)18-13(10)21-14/h8H,5-7H2,1-4H3,(H,15,18). The van der Waals surface area contributed by atoms with Crippen molar-refractivity contribution in [3.63, 3.8) is 0 Å². The number of aryl methyl sites for hydroxylation is 1. The highest BCUT2D eigenvalue weighted by molar-refractivity contribution is 7.22. The Balaban J connectivity index is 2.16. The number of aromatic nitrogens is 4. The maximum Gasteiger partial charge on any atom is 0.187 e. The number of rotatable bonds is 5. The lowest BCUT2D eigenvalue weighted by molar-refractivity contribution is 0.765. The van der Waals surface area contributed by atoms with Gasteiger partial charge in [0.15, 0.2) is 10.9 Å². The van der Waals surface area contributed by atoms with E-state index in [2.05, 4.69) is 34.2 Å². The van der Waals surface area contributed by atoms with Crippen molar-refractivity contribution in [2.45, 2.75) is 19.8 Å². The minimum absolute atomic E-state index is 0.810. The van der Waals surface area contributed by atoms with Crippen molar-refractivity contribution in [3.8, 4) is 0 Å². The molecule has 3 aromatic rings. The van der Waals surface area contributed by atoms with Crippen molar-refractivity contribution in [3.05, 3.63) is 6.33 Å². The number of nitrogens with one attached hydrogen (secondary N) is 1. The lowest BCUT2D eigenvalue weighted by Gasteiger charge is -2.14. The maximum absolute atomic E-state index is 4.80. The minimum atomic E-state index is 0.810. The number of imidazole rings is 1. The number of anilines is 2. The van der Waals surface area contributed by atoms with Crippen LogP contribution >= 0.6 is 11.3 Å². The predicted octanol–water partition coefficient (Wildman–Crippen LogP) is 2.86. The fourth-order valence-electron chi connectivity index (χ4n) is 2.40. The molecule has 0 aliphatic carbocycles. The number of unbranched alkanes of at least 4 members (excludes halogenated alkanes) is 1. The van der Waals surface area contributed by atoms with E-state index >= 15 is 0 Å². The van der Waals surface area contributed by atoms with Gasteiger partial charge in [-0.2, -0.15) is 0 Å². The summed E-state index contributed by atoms with van der Waals surface area (Å²) in [5, 5.41) is 4.14. The Bertz CT molecular complexity index is 775. The molecule has 7 heteroatoms. The Hall–Kier alpha value is -1.89. The number of nitrogens with zero attached hydrogens (tertiary/aromatic N) is 5. The highest BCUT2D eigenvalue weighted by Gasteiger charge is 2.17. The summed E-state index contributed by atoms with van der Waals surface area (Å²) in [5.41, 5.74) is 2.85. The molecular formula is C14H20N6S. The number of thiazole rings is 1. The Labute approximate surface area is 127 Å². The molecule has 1 N–H and O–H groups in total. The lowest BCUT2D eigenvalue weighted by Crippen LogP contribution is -2.17. The van der Waals surface area contributed by atoms with Crippen LogP contribution in [0.5, 0.6) is 0 Å². The van der Waals surface area contributed by atoms with Gasteiger partial charge in [-0.3, -0.25) is 0 Å².